The van der Waals surface area contributed by atoms with Crippen molar-refractivity contribution in [2.45, 2.75) is 31.9 Å². The van der Waals surface area contributed by atoms with E-state index in [9.17, 15) is 4.79 Å². The second-order valence-corrected chi connectivity index (χ2v) is 6.41. The van der Waals surface area contributed by atoms with Crippen molar-refractivity contribution in [1.29, 1.82) is 0 Å². The number of hydrogen-bond donors (Lipinski definition) is 0. The van der Waals surface area contributed by atoms with E-state index in [4.69, 9.17) is 16.3 Å². The van der Waals surface area contributed by atoms with Crippen LogP contribution in [0.4, 0.5) is 0 Å². The molecule has 3 nitrogen and oxygen atoms in total. The highest BCUT2D eigenvalue weighted by Gasteiger charge is 2.35. The zero-order valence-corrected chi connectivity index (χ0v) is 14.6. The summed E-state index contributed by atoms with van der Waals surface area (Å²) in [6.45, 7) is 3.34. The van der Waals surface area contributed by atoms with Gasteiger partial charge in [-0.2, -0.15) is 0 Å². The number of ether oxygens (including phenoxy) is 1. The average Bonchev–Trinajstić information content (AvgIpc) is 3.02. The first kappa shape index (κ1) is 17.0. The first-order chi connectivity index (χ1) is 11.7. The molecular formula is C20H22ClNO2. The van der Waals surface area contributed by atoms with Gasteiger partial charge in [0.15, 0.2) is 0 Å². The second-order valence-electron chi connectivity index (χ2n) is 5.97. The Bertz CT molecular complexity index is 672. The summed E-state index contributed by atoms with van der Waals surface area (Å²) in [5.41, 5.74) is 2.14. The molecule has 1 fully saturated rings. The first-order valence-electron chi connectivity index (χ1n) is 8.42. The van der Waals surface area contributed by atoms with Gasteiger partial charge in [0.25, 0.3) is 0 Å². The van der Waals surface area contributed by atoms with Gasteiger partial charge >= 0.3 is 0 Å². The summed E-state index contributed by atoms with van der Waals surface area (Å²) >= 11 is 6.03. The summed E-state index contributed by atoms with van der Waals surface area (Å²) in [4.78, 5) is 14.4. The predicted octanol–water partition coefficient (Wildman–Crippen LogP) is 4.78. The van der Waals surface area contributed by atoms with Gasteiger partial charge in [0.05, 0.1) is 6.04 Å². The zero-order chi connectivity index (χ0) is 16.9. The van der Waals surface area contributed by atoms with Gasteiger partial charge in [-0.05, 0) is 36.6 Å². The van der Waals surface area contributed by atoms with Crippen molar-refractivity contribution < 1.29 is 9.53 Å². The van der Waals surface area contributed by atoms with Gasteiger partial charge in [0.2, 0.25) is 5.91 Å². The SMILES string of the molecule is CCO[C@H](c1ccc(Cl)cc1)[C@H](c1ccccc1)N1CCCC1=O. The maximum Gasteiger partial charge on any atom is 0.223 e. The van der Waals surface area contributed by atoms with Gasteiger partial charge in [-0.1, -0.05) is 54.1 Å². The number of rotatable bonds is 6. The van der Waals surface area contributed by atoms with E-state index in [-0.39, 0.29) is 18.1 Å². The molecule has 2 aromatic rings. The van der Waals surface area contributed by atoms with E-state index in [0.717, 1.165) is 24.1 Å². The minimum absolute atomic E-state index is 0.123. The molecule has 0 unspecified atom stereocenters. The molecule has 1 aliphatic rings. The van der Waals surface area contributed by atoms with Crippen molar-refractivity contribution >= 4 is 17.5 Å². The van der Waals surface area contributed by atoms with Crippen LogP contribution in [-0.4, -0.2) is 24.0 Å². The molecule has 0 saturated carbocycles. The van der Waals surface area contributed by atoms with Crippen LogP contribution in [0.5, 0.6) is 0 Å². The Hall–Kier alpha value is -1.84. The number of nitrogens with zero attached hydrogens (tertiary/aromatic N) is 1. The lowest BCUT2D eigenvalue weighted by atomic mass is 9.94. The fraction of sp³-hybridized carbons (Fsp3) is 0.350. The van der Waals surface area contributed by atoms with Crippen LogP contribution in [0.2, 0.25) is 5.02 Å². The molecule has 4 heteroatoms. The largest absolute Gasteiger partial charge is 0.371 e. The Morgan fingerprint density at radius 3 is 2.38 bits per heavy atom. The van der Waals surface area contributed by atoms with E-state index in [1.54, 1.807) is 0 Å². The van der Waals surface area contributed by atoms with Gasteiger partial charge in [0, 0.05) is 24.6 Å². The number of benzene rings is 2. The number of halogens is 1. The van der Waals surface area contributed by atoms with E-state index < -0.39 is 0 Å². The first-order valence-corrected chi connectivity index (χ1v) is 8.80. The van der Waals surface area contributed by atoms with Gasteiger partial charge in [0.1, 0.15) is 6.10 Å². The molecule has 2 atom stereocenters. The third-order valence-corrected chi connectivity index (χ3v) is 4.67. The van der Waals surface area contributed by atoms with Gasteiger partial charge in [-0.15, -0.1) is 0 Å². The smallest absolute Gasteiger partial charge is 0.223 e. The van der Waals surface area contributed by atoms with E-state index in [2.05, 4.69) is 12.1 Å². The van der Waals surface area contributed by atoms with Crippen LogP contribution in [0.1, 0.15) is 43.0 Å². The van der Waals surface area contributed by atoms with Crippen LogP contribution in [0.3, 0.4) is 0 Å². The average molecular weight is 344 g/mol. The molecule has 24 heavy (non-hydrogen) atoms. The Morgan fingerprint density at radius 1 is 1.08 bits per heavy atom. The Morgan fingerprint density at radius 2 is 1.79 bits per heavy atom. The monoisotopic (exact) mass is 343 g/mol. The summed E-state index contributed by atoms with van der Waals surface area (Å²) in [5, 5.41) is 0.697. The molecule has 2 aromatic carbocycles. The molecule has 1 aliphatic heterocycles. The molecule has 0 aliphatic carbocycles. The number of carbonyl (C=O) groups is 1. The molecule has 0 radical (unpaired) electrons. The standard InChI is InChI=1S/C20H22ClNO2/c1-2-24-20(16-10-12-17(21)13-11-16)19(15-7-4-3-5-8-15)22-14-6-9-18(22)23/h3-5,7-8,10-13,19-20H,2,6,9,14H2,1H3/t19-,20+/m0/s1. The molecule has 126 valence electrons. The molecule has 0 N–H and O–H groups in total. The van der Waals surface area contributed by atoms with Crippen LogP contribution >= 0.6 is 11.6 Å². The number of amides is 1. The molecule has 1 amide bonds. The van der Waals surface area contributed by atoms with E-state index in [1.807, 2.05) is 54.3 Å². The van der Waals surface area contributed by atoms with Crippen LogP contribution in [-0.2, 0) is 9.53 Å². The van der Waals surface area contributed by atoms with Crippen molar-refractivity contribution in [1.82, 2.24) is 4.90 Å². The van der Waals surface area contributed by atoms with Crippen molar-refractivity contribution in [3.8, 4) is 0 Å². The number of hydrogen-bond acceptors (Lipinski definition) is 2. The molecule has 1 saturated heterocycles. The molecule has 3 rings (SSSR count). The van der Waals surface area contributed by atoms with Gasteiger partial charge in [-0.25, -0.2) is 0 Å². The topological polar surface area (TPSA) is 29.5 Å². The van der Waals surface area contributed by atoms with Crippen LogP contribution in [0, 0.1) is 0 Å². The fourth-order valence-electron chi connectivity index (χ4n) is 3.33. The lowest BCUT2D eigenvalue weighted by Gasteiger charge is -2.35. The second kappa shape index (κ2) is 7.82. The quantitative estimate of drug-likeness (QED) is 0.755. The highest BCUT2D eigenvalue weighted by Crippen LogP contribution is 2.39. The normalized spacial score (nSPS) is 17.1. The van der Waals surface area contributed by atoms with Gasteiger partial charge in [-0.3, -0.25) is 4.79 Å². The van der Waals surface area contributed by atoms with Crippen LogP contribution < -0.4 is 0 Å². The Labute approximate surface area is 148 Å². The minimum atomic E-state index is -0.211. The lowest BCUT2D eigenvalue weighted by molar-refractivity contribution is -0.133. The minimum Gasteiger partial charge on any atom is -0.371 e. The maximum atomic E-state index is 12.4. The molecule has 0 spiro atoms. The van der Waals surface area contributed by atoms with Crippen LogP contribution in [0.25, 0.3) is 0 Å². The summed E-state index contributed by atoms with van der Waals surface area (Å²) < 4.78 is 6.11. The van der Waals surface area contributed by atoms with Crippen molar-refractivity contribution in [2.75, 3.05) is 13.2 Å². The van der Waals surface area contributed by atoms with Crippen LogP contribution in [0.15, 0.2) is 54.6 Å². The van der Waals surface area contributed by atoms with Crippen molar-refractivity contribution in [3.05, 3.63) is 70.7 Å². The summed E-state index contributed by atoms with van der Waals surface area (Å²) in [6.07, 6.45) is 1.31. The molecule has 0 aromatic heterocycles. The summed E-state index contributed by atoms with van der Waals surface area (Å²) in [6, 6.07) is 17.7. The highest BCUT2D eigenvalue weighted by atomic mass is 35.5. The Kier molecular flexibility index (Phi) is 5.54. The van der Waals surface area contributed by atoms with Crippen molar-refractivity contribution in [2.24, 2.45) is 0 Å². The molecular weight excluding hydrogens is 322 g/mol. The predicted molar refractivity (Wildman–Crippen MR) is 95.9 cm³/mol. The highest BCUT2D eigenvalue weighted by molar-refractivity contribution is 6.30. The van der Waals surface area contributed by atoms with Crippen molar-refractivity contribution in [3.63, 3.8) is 0 Å². The third kappa shape index (κ3) is 3.63. The summed E-state index contributed by atoms with van der Waals surface area (Å²) in [7, 11) is 0. The fourth-order valence-corrected chi connectivity index (χ4v) is 3.46. The number of carbonyl (C=O) groups excluding carboxylic acids is 1. The lowest BCUT2D eigenvalue weighted by Crippen LogP contribution is -2.35. The van der Waals surface area contributed by atoms with E-state index in [1.165, 1.54) is 0 Å². The zero-order valence-electron chi connectivity index (χ0n) is 13.8. The molecule has 0 bridgehead atoms. The third-order valence-electron chi connectivity index (χ3n) is 4.42. The van der Waals surface area contributed by atoms with E-state index in [0.29, 0.717) is 18.1 Å². The Balaban J connectivity index is 2.03. The maximum absolute atomic E-state index is 12.4. The summed E-state index contributed by atoms with van der Waals surface area (Å²) in [5.74, 6) is 0.197. The van der Waals surface area contributed by atoms with E-state index >= 15 is 0 Å². The van der Waals surface area contributed by atoms with Gasteiger partial charge < -0.3 is 9.64 Å². The number of likely N-dealkylation sites (tertiary alicyclic amines) is 1. The molecule has 1 heterocycles.